The number of para-hydroxylation sites is 2. The van der Waals surface area contributed by atoms with Crippen LogP contribution in [0.25, 0.3) is 43.9 Å². The van der Waals surface area contributed by atoms with Crippen molar-refractivity contribution in [3.8, 4) is 0 Å². The molecule has 0 aliphatic heterocycles. The van der Waals surface area contributed by atoms with Gasteiger partial charge in [-0.3, -0.25) is 0 Å². The van der Waals surface area contributed by atoms with E-state index in [0.29, 0.717) is 11.6 Å². The van der Waals surface area contributed by atoms with E-state index in [0.717, 1.165) is 107 Å². The van der Waals surface area contributed by atoms with Crippen LogP contribution in [-0.2, 0) is 25.9 Å². The Morgan fingerprint density at radius 2 is 0.833 bits per heavy atom. The van der Waals surface area contributed by atoms with E-state index in [4.69, 9.17) is 21.4 Å². The predicted octanol–water partition coefficient (Wildman–Crippen LogP) is 8.09. The fourth-order valence-electron chi connectivity index (χ4n) is 6.98. The van der Waals surface area contributed by atoms with Crippen LogP contribution in [0.1, 0.15) is 48.5 Å². The van der Waals surface area contributed by atoms with Crippen LogP contribution >= 0.6 is 0 Å². The van der Waals surface area contributed by atoms with Crippen LogP contribution in [0.5, 0.6) is 0 Å². The molecule has 4 N–H and O–H groups in total. The molecule has 238 valence electrons. The highest BCUT2D eigenvalue weighted by Crippen LogP contribution is 2.32. The van der Waals surface area contributed by atoms with Crippen LogP contribution in [0.3, 0.4) is 0 Å². The number of hydrogen-bond acceptors (Lipinski definition) is 6. The molecule has 0 atom stereocenters. The lowest BCUT2D eigenvalue weighted by molar-refractivity contribution is 0.600. The van der Waals surface area contributed by atoms with Crippen LogP contribution < -0.4 is 11.5 Å². The number of imidazole rings is 2. The number of aromatic nitrogens is 6. The second-order valence-corrected chi connectivity index (χ2v) is 12.5. The number of aryl methyl sites for hydroxylation is 2. The molecule has 8 nitrogen and oxygen atoms in total. The highest BCUT2D eigenvalue weighted by atomic mass is 15.1. The van der Waals surface area contributed by atoms with Crippen LogP contribution in [-0.4, -0.2) is 29.1 Å². The number of nitrogens with zero attached hydrogens (tertiary/aromatic N) is 6. The number of rotatable bonds is 11. The first kappa shape index (κ1) is 29.6. The van der Waals surface area contributed by atoms with E-state index in [2.05, 4.69) is 104 Å². The van der Waals surface area contributed by atoms with Crippen LogP contribution in [0.4, 0.5) is 11.6 Å². The molecule has 0 amide bonds. The molecule has 0 fully saturated rings. The smallest absolute Gasteiger partial charge is 0.152 e. The summed E-state index contributed by atoms with van der Waals surface area (Å²) < 4.78 is 4.69. The molecule has 0 aliphatic rings. The first-order chi connectivity index (χ1) is 23.6. The summed E-state index contributed by atoms with van der Waals surface area (Å²) in [5.74, 6) is 3.08. The maximum Gasteiger partial charge on any atom is 0.152 e. The predicted molar refractivity (Wildman–Crippen MR) is 196 cm³/mol. The van der Waals surface area contributed by atoms with E-state index in [9.17, 15) is 0 Å². The van der Waals surface area contributed by atoms with Crippen LogP contribution in [0, 0.1) is 0 Å². The number of nitrogens with two attached hydrogens (primary N) is 2. The van der Waals surface area contributed by atoms with Crippen molar-refractivity contribution in [2.75, 3.05) is 11.5 Å². The second-order valence-electron chi connectivity index (χ2n) is 12.5. The highest BCUT2D eigenvalue weighted by Gasteiger charge is 2.19. The molecule has 0 spiro atoms. The lowest BCUT2D eigenvalue weighted by atomic mass is 10.1. The van der Waals surface area contributed by atoms with E-state index in [1.54, 1.807) is 0 Å². The average Bonchev–Trinajstić information content (AvgIpc) is 3.66. The van der Waals surface area contributed by atoms with Crippen molar-refractivity contribution in [1.82, 2.24) is 29.1 Å². The van der Waals surface area contributed by atoms with E-state index in [1.165, 1.54) is 11.1 Å². The highest BCUT2D eigenvalue weighted by molar-refractivity contribution is 6.07. The lowest BCUT2D eigenvalue weighted by Crippen LogP contribution is -2.06. The van der Waals surface area contributed by atoms with Crippen molar-refractivity contribution >= 4 is 55.5 Å². The maximum absolute atomic E-state index is 6.47. The molecule has 48 heavy (non-hydrogen) atoms. The van der Waals surface area contributed by atoms with Crippen molar-refractivity contribution in [1.29, 1.82) is 0 Å². The molecule has 8 heteroatoms. The third kappa shape index (κ3) is 5.59. The van der Waals surface area contributed by atoms with Crippen molar-refractivity contribution in [2.45, 2.75) is 51.6 Å². The van der Waals surface area contributed by atoms with Gasteiger partial charge in [0.25, 0.3) is 0 Å². The van der Waals surface area contributed by atoms with E-state index in [1.807, 2.05) is 24.3 Å². The molecular formula is C40H38N8. The Bertz CT molecular complexity index is 2210. The number of anilines is 2. The van der Waals surface area contributed by atoms with Crippen molar-refractivity contribution in [2.24, 2.45) is 0 Å². The quantitative estimate of drug-likeness (QED) is 0.140. The van der Waals surface area contributed by atoms with Gasteiger partial charge in [0.15, 0.2) is 11.6 Å². The number of nitrogen functional groups attached to an aromatic ring is 2. The molecule has 8 aromatic rings. The van der Waals surface area contributed by atoms with Crippen molar-refractivity contribution in [3.05, 3.63) is 132 Å². The first-order valence-corrected chi connectivity index (χ1v) is 16.8. The topological polar surface area (TPSA) is 113 Å². The fraction of sp³-hybridized carbons (Fsp3) is 0.200. The number of fused-ring (bicyclic) bond motifs is 6. The summed E-state index contributed by atoms with van der Waals surface area (Å²) in [6, 6.07) is 37.5. The van der Waals surface area contributed by atoms with Gasteiger partial charge in [-0.05, 0) is 36.1 Å². The van der Waals surface area contributed by atoms with Gasteiger partial charge in [0.2, 0.25) is 0 Å². The minimum Gasteiger partial charge on any atom is -0.382 e. The molecule has 0 saturated heterocycles. The molecule has 4 aromatic carbocycles. The zero-order valence-electron chi connectivity index (χ0n) is 26.9. The number of unbranched alkanes of at least 4 members (excludes halogenated alkanes) is 3. The lowest BCUT2D eigenvalue weighted by Gasteiger charge is -2.12. The van der Waals surface area contributed by atoms with Gasteiger partial charge in [0.05, 0.1) is 22.1 Å². The van der Waals surface area contributed by atoms with Crippen molar-refractivity contribution in [3.63, 3.8) is 0 Å². The average molecular weight is 631 g/mol. The van der Waals surface area contributed by atoms with Crippen LogP contribution in [0.2, 0.25) is 0 Å². The van der Waals surface area contributed by atoms with Gasteiger partial charge in [-0.2, -0.15) is 0 Å². The van der Waals surface area contributed by atoms with Gasteiger partial charge in [-0.15, -0.1) is 0 Å². The molecular weight excluding hydrogens is 592 g/mol. The second kappa shape index (κ2) is 12.8. The largest absolute Gasteiger partial charge is 0.382 e. The summed E-state index contributed by atoms with van der Waals surface area (Å²) in [5, 5.41) is 2.16. The summed E-state index contributed by atoms with van der Waals surface area (Å²) in [6.07, 6.45) is 5.99. The molecule has 0 unspecified atom stereocenters. The normalized spacial score (nSPS) is 11.8. The van der Waals surface area contributed by atoms with Gasteiger partial charge < -0.3 is 20.6 Å². The summed E-state index contributed by atoms with van der Waals surface area (Å²) in [6.45, 7) is 1.48. The Morgan fingerprint density at radius 1 is 0.438 bits per heavy atom. The maximum atomic E-state index is 6.47. The zero-order valence-corrected chi connectivity index (χ0v) is 26.9. The molecule has 0 radical (unpaired) electrons. The van der Waals surface area contributed by atoms with Crippen LogP contribution in [0.15, 0.2) is 109 Å². The van der Waals surface area contributed by atoms with E-state index >= 15 is 0 Å². The third-order valence-electron chi connectivity index (χ3n) is 9.30. The number of hydrogen-bond donors (Lipinski definition) is 2. The molecule has 0 bridgehead atoms. The van der Waals surface area contributed by atoms with Gasteiger partial charge in [0.1, 0.15) is 22.7 Å². The van der Waals surface area contributed by atoms with Gasteiger partial charge in [0, 0.05) is 36.7 Å². The molecule has 4 heterocycles. The molecule has 0 aliphatic carbocycles. The minimum absolute atomic E-state index is 0.485. The third-order valence-corrected chi connectivity index (χ3v) is 9.30. The van der Waals surface area contributed by atoms with Gasteiger partial charge in [-0.25, -0.2) is 19.9 Å². The zero-order chi connectivity index (χ0) is 32.5. The SMILES string of the molecule is Nc1nc2ccccc2c2c1nc(CCCCCCc1nc3c(N)nc4ccccc4c3n1Cc1ccccc1)n2Cc1ccccc1. The molecule has 4 aromatic heterocycles. The van der Waals surface area contributed by atoms with Crippen molar-refractivity contribution < 1.29 is 0 Å². The van der Waals surface area contributed by atoms with E-state index in [-0.39, 0.29) is 0 Å². The Kier molecular flexibility index (Phi) is 7.90. The molecule has 8 rings (SSSR count). The monoisotopic (exact) mass is 630 g/mol. The Labute approximate surface area is 279 Å². The number of benzene rings is 4. The Hall–Kier alpha value is -5.76. The van der Waals surface area contributed by atoms with Gasteiger partial charge >= 0.3 is 0 Å². The standard InChI is InChI=1S/C40H38N8/c41-39-35-37(29-19-11-13-21-31(29)43-39)47(25-27-15-5-3-6-16-27)33(45-35)23-9-1-2-10-24-34-46-36-38(48(34)26-28-17-7-4-8-18-28)30-20-12-14-22-32(30)44-40(36)42/h3-8,11-22H,1-2,9-10,23-26H2,(H2,41,43)(H2,42,44). The van der Waals surface area contributed by atoms with E-state index < -0.39 is 0 Å². The van der Waals surface area contributed by atoms with Gasteiger partial charge in [-0.1, -0.05) is 110 Å². The minimum atomic E-state index is 0.485. The fourth-order valence-corrected chi connectivity index (χ4v) is 6.98. The summed E-state index contributed by atoms with van der Waals surface area (Å²) in [7, 11) is 0. The summed E-state index contributed by atoms with van der Waals surface area (Å²) >= 11 is 0. The Balaban J connectivity index is 1.02. The Morgan fingerprint density at radius 3 is 1.27 bits per heavy atom. The first-order valence-electron chi connectivity index (χ1n) is 16.8. The summed E-state index contributed by atoms with van der Waals surface area (Å²) in [5.41, 5.74) is 20.9. The number of pyridine rings is 2. The summed E-state index contributed by atoms with van der Waals surface area (Å²) in [4.78, 5) is 19.5. The molecule has 0 saturated carbocycles.